The van der Waals surface area contributed by atoms with Gasteiger partial charge in [0.05, 0.1) is 0 Å². The highest BCUT2D eigenvalue weighted by Gasteiger charge is 2.29. The van der Waals surface area contributed by atoms with Gasteiger partial charge >= 0.3 is 16.7 Å². The zero-order valence-corrected chi connectivity index (χ0v) is 6.47. The Morgan fingerprint density at radius 3 is 2.27 bits per heavy atom. The standard InChI is InChI=1S/C2H3FO6S2/c3-2-8-10(4,5)1-11(6,7)9-2/h1-2H,(H,4,5). The van der Waals surface area contributed by atoms with E-state index in [1.165, 1.54) is 0 Å². The van der Waals surface area contributed by atoms with Crippen LogP contribution in [0.15, 0.2) is 0 Å². The van der Waals surface area contributed by atoms with Gasteiger partial charge in [0, 0.05) is 0 Å². The van der Waals surface area contributed by atoms with Crippen molar-refractivity contribution in [2.75, 3.05) is 0 Å². The predicted octanol–water partition coefficient (Wildman–Crippen LogP) is -0.952. The fourth-order valence-electron chi connectivity index (χ4n) is 0.424. The van der Waals surface area contributed by atoms with Gasteiger partial charge in [0.2, 0.25) is 10.1 Å². The van der Waals surface area contributed by atoms with E-state index in [-0.39, 0.29) is 4.70 Å². The summed E-state index contributed by atoms with van der Waals surface area (Å²) in [7, 11) is -8.59. The van der Waals surface area contributed by atoms with Crippen LogP contribution in [-0.4, -0.2) is 28.4 Å². The lowest BCUT2D eigenvalue weighted by molar-refractivity contribution is -0.0911. The quantitative estimate of drug-likeness (QED) is 0.406. The zero-order valence-electron chi connectivity index (χ0n) is 4.84. The van der Waals surface area contributed by atoms with E-state index < -0.39 is 26.7 Å². The Hall–Kier alpha value is -0.220. The van der Waals surface area contributed by atoms with Crippen LogP contribution < -0.4 is 0 Å². The van der Waals surface area contributed by atoms with Gasteiger partial charge in [-0.15, -0.1) is 0 Å². The predicted molar refractivity (Wildman–Crippen MR) is 32.8 cm³/mol. The molecule has 0 spiro atoms. The molecule has 6 nitrogen and oxygen atoms in total. The summed E-state index contributed by atoms with van der Waals surface area (Å²) in [6.07, 6.45) is 0. The number of alkyl halides is 1. The zero-order chi connectivity index (χ0) is 8.70. The van der Waals surface area contributed by atoms with Crippen LogP contribution in [0.3, 0.4) is 0 Å². The summed E-state index contributed by atoms with van der Waals surface area (Å²) >= 11 is 0. The molecule has 0 bridgehead atoms. The van der Waals surface area contributed by atoms with Crippen molar-refractivity contribution in [3.8, 4) is 0 Å². The largest absolute Gasteiger partial charge is 0.337 e. The minimum absolute atomic E-state index is 0.101. The molecule has 1 heterocycles. The molecule has 2 unspecified atom stereocenters. The Bertz CT molecular complexity index is 360. The Morgan fingerprint density at radius 2 is 1.91 bits per heavy atom. The summed E-state index contributed by atoms with van der Waals surface area (Å²) in [6.45, 7) is -2.72. The van der Waals surface area contributed by atoms with E-state index in [0.717, 1.165) is 0 Å². The van der Waals surface area contributed by atoms with Crippen LogP contribution in [0, 0.1) is 0 Å². The van der Waals surface area contributed by atoms with Gasteiger partial charge in [0.15, 0.2) is 4.70 Å². The van der Waals surface area contributed by atoms with Crippen molar-refractivity contribution >= 4 is 24.9 Å². The van der Waals surface area contributed by atoms with E-state index in [1.54, 1.807) is 0 Å². The molecule has 2 atom stereocenters. The lowest BCUT2D eigenvalue weighted by atomic mass is 11.4. The van der Waals surface area contributed by atoms with E-state index in [0.29, 0.717) is 0 Å². The third kappa shape index (κ3) is 2.38. The van der Waals surface area contributed by atoms with E-state index in [4.69, 9.17) is 4.55 Å². The Labute approximate surface area is 62.1 Å². The minimum atomic E-state index is -4.39. The number of hydrogen-bond donors (Lipinski definition) is 1. The molecule has 1 aliphatic rings. The van der Waals surface area contributed by atoms with E-state index in [1.807, 2.05) is 0 Å². The molecule has 0 saturated heterocycles. The van der Waals surface area contributed by atoms with Crippen LogP contribution in [0.5, 0.6) is 0 Å². The van der Waals surface area contributed by atoms with Crippen LogP contribution in [-0.2, 0) is 28.6 Å². The third-order valence-electron chi connectivity index (χ3n) is 0.663. The molecule has 66 valence electrons. The number of rotatable bonds is 0. The smallest absolute Gasteiger partial charge is 0.293 e. The van der Waals surface area contributed by atoms with Crippen molar-refractivity contribution in [2.24, 2.45) is 0 Å². The highest BCUT2D eigenvalue weighted by Crippen LogP contribution is 2.11. The Kier molecular flexibility index (Phi) is 1.92. The molecular formula is C2H3FO6S2. The molecule has 0 amide bonds. The molecule has 0 aromatic heterocycles. The SMILES string of the molecule is O=S1(=O)C=S(=O)(O)OC(F)O1. The second kappa shape index (κ2) is 2.38. The molecule has 0 aromatic rings. The number of halogens is 1. The van der Waals surface area contributed by atoms with E-state index >= 15 is 0 Å². The monoisotopic (exact) mass is 206 g/mol. The second-order valence-corrected chi connectivity index (χ2v) is 4.74. The maximum atomic E-state index is 12.0. The summed E-state index contributed by atoms with van der Waals surface area (Å²) < 4.78 is 58.5. The normalized spacial score (nSPS) is 42.9. The van der Waals surface area contributed by atoms with Crippen molar-refractivity contribution in [1.29, 1.82) is 0 Å². The summed E-state index contributed by atoms with van der Waals surface area (Å²) in [5.74, 6) is 0. The van der Waals surface area contributed by atoms with Crippen LogP contribution in [0.25, 0.3) is 0 Å². The summed E-state index contributed by atoms with van der Waals surface area (Å²) in [6, 6.07) is 0. The van der Waals surface area contributed by atoms with Gasteiger partial charge in [0.1, 0.15) is 0 Å². The van der Waals surface area contributed by atoms with Gasteiger partial charge in [0.25, 0.3) is 0 Å². The molecular weight excluding hydrogens is 203 g/mol. The van der Waals surface area contributed by atoms with Crippen LogP contribution >= 0.6 is 0 Å². The van der Waals surface area contributed by atoms with Gasteiger partial charge in [-0.25, -0.2) is 12.6 Å². The second-order valence-electron chi connectivity index (χ2n) is 1.57. The maximum Gasteiger partial charge on any atom is 0.337 e. The topological polar surface area (TPSA) is 89.9 Å². The fourth-order valence-corrected chi connectivity index (χ4v) is 2.53. The summed E-state index contributed by atoms with van der Waals surface area (Å²) in [5.41, 5.74) is 0. The molecule has 0 aromatic carbocycles. The highest BCUT2D eigenvalue weighted by molar-refractivity contribution is 8.15. The lowest BCUT2D eigenvalue weighted by Gasteiger charge is -2.13. The van der Waals surface area contributed by atoms with Crippen molar-refractivity contribution in [3.05, 3.63) is 0 Å². The molecule has 1 N–H and O–H groups in total. The average molecular weight is 206 g/mol. The summed E-state index contributed by atoms with van der Waals surface area (Å²) in [5, 5.41) is 0. The summed E-state index contributed by atoms with van der Waals surface area (Å²) in [4.78, 5) is 0. The third-order valence-corrected chi connectivity index (χ3v) is 3.42. The van der Waals surface area contributed by atoms with Gasteiger partial charge in [-0.2, -0.15) is 12.8 Å². The molecule has 1 rings (SSSR count). The van der Waals surface area contributed by atoms with E-state index in [2.05, 4.69) is 8.37 Å². The highest BCUT2D eigenvalue weighted by atomic mass is 32.3. The van der Waals surface area contributed by atoms with Gasteiger partial charge in [-0.05, 0) is 0 Å². The van der Waals surface area contributed by atoms with Crippen molar-refractivity contribution < 1.29 is 29.9 Å². The Balaban J connectivity index is 3.24. The van der Waals surface area contributed by atoms with Crippen molar-refractivity contribution in [1.82, 2.24) is 0 Å². The molecule has 0 fully saturated rings. The molecule has 0 aliphatic carbocycles. The molecule has 1 aliphatic heterocycles. The number of hydrogen-bond acceptors (Lipinski definition) is 5. The fraction of sp³-hybridized carbons (Fsp3) is 0.500. The molecule has 9 heteroatoms. The van der Waals surface area contributed by atoms with Crippen molar-refractivity contribution in [3.63, 3.8) is 0 Å². The van der Waals surface area contributed by atoms with Crippen molar-refractivity contribution in [2.45, 2.75) is 6.54 Å². The first-order chi connectivity index (χ1) is 4.81. The first-order valence-electron chi connectivity index (χ1n) is 2.18. The van der Waals surface area contributed by atoms with Gasteiger partial charge < -0.3 is 0 Å². The minimum Gasteiger partial charge on any atom is -0.293 e. The van der Waals surface area contributed by atoms with Gasteiger partial charge in [-0.3, -0.25) is 4.55 Å². The first kappa shape index (κ1) is 8.87. The average Bonchev–Trinajstić information content (AvgIpc) is 1.49. The van der Waals surface area contributed by atoms with Crippen LogP contribution in [0.4, 0.5) is 4.39 Å². The maximum absolute atomic E-state index is 12.0. The van der Waals surface area contributed by atoms with E-state index in [9.17, 15) is 17.0 Å². The molecule has 0 saturated carbocycles. The first-order valence-corrected chi connectivity index (χ1v) is 5.15. The lowest BCUT2D eigenvalue weighted by Crippen LogP contribution is -2.29. The van der Waals surface area contributed by atoms with Crippen LogP contribution in [0.2, 0.25) is 0 Å². The molecule has 11 heavy (non-hydrogen) atoms. The molecule has 0 radical (unpaired) electrons. The van der Waals surface area contributed by atoms with Gasteiger partial charge in [-0.1, -0.05) is 0 Å². The Morgan fingerprint density at radius 1 is 1.36 bits per heavy atom. The van der Waals surface area contributed by atoms with Crippen LogP contribution in [0.1, 0.15) is 0 Å².